The Bertz CT molecular complexity index is 343. The minimum absolute atomic E-state index is 0.169. The maximum absolute atomic E-state index is 11.8. The molecule has 2 heterocycles. The number of carbonyl (C=O) groups is 1. The van der Waals surface area contributed by atoms with Gasteiger partial charge in [-0.25, -0.2) is 0 Å². The molecule has 0 saturated heterocycles. The topological polar surface area (TPSA) is 38.1 Å². The molecule has 1 aliphatic heterocycles. The van der Waals surface area contributed by atoms with Gasteiger partial charge in [0.1, 0.15) is 6.54 Å². The predicted octanol–water partition coefficient (Wildman–Crippen LogP) is 0.676. The average Bonchev–Trinajstić information content (AvgIpc) is 2.47. The lowest BCUT2D eigenvalue weighted by molar-refractivity contribution is -0.133. The molecule has 1 aromatic heterocycles. The Hall–Kier alpha value is -1.32. The number of hydrogen-bond donors (Lipinski definition) is 0. The van der Waals surface area contributed by atoms with Crippen molar-refractivity contribution in [3.8, 4) is 0 Å². The highest BCUT2D eigenvalue weighted by Gasteiger charge is 2.22. The van der Waals surface area contributed by atoms with E-state index in [2.05, 4.69) is 5.10 Å². The van der Waals surface area contributed by atoms with Crippen LogP contribution in [0.15, 0.2) is 12.3 Å². The Kier molecular flexibility index (Phi) is 2.27. The molecule has 0 saturated carbocycles. The van der Waals surface area contributed by atoms with Crippen LogP contribution in [0, 0.1) is 0 Å². The fraction of sp³-hybridized carbons (Fsp3) is 0.600. The molecule has 0 radical (unpaired) electrons. The third kappa shape index (κ3) is 1.52. The van der Waals surface area contributed by atoms with E-state index < -0.39 is 0 Å². The van der Waals surface area contributed by atoms with Crippen LogP contribution >= 0.6 is 0 Å². The van der Waals surface area contributed by atoms with Crippen molar-refractivity contribution < 1.29 is 4.79 Å². The molecule has 1 amide bonds. The lowest BCUT2D eigenvalue weighted by Crippen LogP contribution is -2.38. The number of fused-ring (bicyclic) bond motifs is 1. The molecule has 4 heteroatoms. The monoisotopic (exact) mass is 193 g/mol. The summed E-state index contributed by atoms with van der Waals surface area (Å²) in [6, 6.07) is 2.27. The summed E-state index contributed by atoms with van der Waals surface area (Å²) in [5.74, 6) is 0.169. The Labute approximate surface area is 83.5 Å². The second kappa shape index (κ2) is 3.44. The number of carbonyl (C=O) groups excluding carboxylic acids is 1. The SMILES string of the molecule is CC(C)N1CCc2ccnn2CC1=O. The van der Waals surface area contributed by atoms with E-state index >= 15 is 0 Å². The van der Waals surface area contributed by atoms with E-state index in [0.29, 0.717) is 6.54 Å². The van der Waals surface area contributed by atoms with E-state index in [1.807, 2.05) is 24.8 Å². The van der Waals surface area contributed by atoms with Gasteiger partial charge in [-0.2, -0.15) is 5.10 Å². The standard InChI is InChI=1S/C10H15N3O/c1-8(2)12-6-4-9-3-5-11-13(9)7-10(12)14/h3,5,8H,4,6-7H2,1-2H3. The molecule has 0 spiro atoms. The number of rotatable bonds is 1. The molecule has 0 aromatic carbocycles. The molecule has 0 N–H and O–H groups in total. The van der Waals surface area contributed by atoms with Crippen LogP contribution in [-0.2, 0) is 17.8 Å². The second-order valence-corrected chi connectivity index (χ2v) is 3.91. The van der Waals surface area contributed by atoms with Gasteiger partial charge in [0.15, 0.2) is 0 Å². The zero-order valence-corrected chi connectivity index (χ0v) is 8.60. The highest BCUT2D eigenvalue weighted by Crippen LogP contribution is 2.10. The summed E-state index contributed by atoms with van der Waals surface area (Å²) in [7, 11) is 0. The van der Waals surface area contributed by atoms with E-state index in [4.69, 9.17) is 0 Å². The van der Waals surface area contributed by atoms with E-state index in [0.717, 1.165) is 18.7 Å². The maximum Gasteiger partial charge on any atom is 0.244 e. The minimum atomic E-state index is 0.169. The molecule has 2 rings (SSSR count). The third-order valence-corrected chi connectivity index (χ3v) is 2.64. The summed E-state index contributed by atoms with van der Waals surface area (Å²) in [4.78, 5) is 13.7. The van der Waals surface area contributed by atoms with E-state index in [1.165, 1.54) is 0 Å². The van der Waals surface area contributed by atoms with Crippen LogP contribution in [0.4, 0.5) is 0 Å². The molecule has 1 aliphatic rings. The molecular weight excluding hydrogens is 178 g/mol. The first-order chi connectivity index (χ1) is 6.68. The maximum atomic E-state index is 11.8. The largest absolute Gasteiger partial charge is 0.338 e. The van der Waals surface area contributed by atoms with Gasteiger partial charge in [0.05, 0.1) is 0 Å². The van der Waals surface area contributed by atoms with Gasteiger partial charge in [0, 0.05) is 30.9 Å². The van der Waals surface area contributed by atoms with Gasteiger partial charge in [0.25, 0.3) is 0 Å². The van der Waals surface area contributed by atoms with E-state index in [1.54, 1.807) is 10.9 Å². The van der Waals surface area contributed by atoms with Crippen molar-refractivity contribution >= 4 is 5.91 Å². The Morgan fingerprint density at radius 2 is 2.29 bits per heavy atom. The molecule has 76 valence electrons. The van der Waals surface area contributed by atoms with Crippen molar-refractivity contribution in [1.82, 2.24) is 14.7 Å². The smallest absolute Gasteiger partial charge is 0.244 e. The Morgan fingerprint density at radius 3 is 3.00 bits per heavy atom. The van der Waals surface area contributed by atoms with Crippen LogP contribution in [0.25, 0.3) is 0 Å². The zero-order valence-electron chi connectivity index (χ0n) is 8.60. The van der Waals surface area contributed by atoms with E-state index in [-0.39, 0.29) is 11.9 Å². The number of aromatic nitrogens is 2. The van der Waals surface area contributed by atoms with Gasteiger partial charge >= 0.3 is 0 Å². The fourth-order valence-corrected chi connectivity index (χ4v) is 1.84. The normalized spacial score (nSPS) is 17.1. The number of nitrogens with zero attached hydrogens (tertiary/aromatic N) is 3. The lowest BCUT2D eigenvalue weighted by Gasteiger charge is -2.24. The van der Waals surface area contributed by atoms with Gasteiger partial charge in [-0.15, -0.1) is 0 Å². The van der Waals surface area contributed by atoms with Crippen LogP contribution in [0.2, 0.25) is 0 Å². The fourth-order valence-electron chi connectivity index (χ4n) is 1.84. The quantitative estimate of drug-likeness (QED) is 0.657. The first-order valence-corrected chi connectivity index (χ1v) is 4.98. The second-order valence-electron chi connectivity index (χ2n) is 3.91. The van der Waals surface area contributed by atoms with Crippen LogP contribution in [0.3, 0.4) is 0 Å². The summed E-state index contributed by atoms with van der Waals surface area (Å²) >= 11 is 0. The van der Waals surface area contributed by atoms with Crippen LogP contribution < -0.4 is 0 Å². The van der Waals surface area contributed by atoms with Crippen molar-refractivity contribution in [3.63, 3.8) is 0 Å². The number of hydrogen-bond acceptors (Lipinski definition) is 2. The molecule has 14 heavy (non-hydrogen) atoms. The van der Waals surface area contributed by atoms with Crippen LogP contribution in [-0.4, -0.2) is 33.2 Å². The predicted molar refractivity (Wildman–Crippen MR) is 52.8 cm³/mol. The summed E-state index contributed by atoms with van der Waals surface area (Å²) < 4.78 is 1.80. The van der Waals surface area contributed by atoms with Gasteiger partial charge in [-0.1, -0.05) is 0 Å². The molecule has 0 aliphatic carbocycles. The highest BCUT2D eigenvalue weighted by molar-refractivity contribution is 5.76. The lowest BCUT2D eigenvalue weighted by atomic mass is 10.2. The van der Waals surface area contributed by atoms with Crippen molar-refractivity contribution in [3.05, 3.63) is 18.0 Å². The molecule has 1 aromatic rings. The van der Waals surface area contributed by atoms with Crippen molar-refractivity contribution in [2.45, 2.75) is 32.9 Å². The van der Waals surface area contributed by atoms with Gasteiger partial charge < -0.3 is 4.90 Å². The number of amides is 1. The van der Waals surface area contributed by atoms with Gasteiger partial charge in [-0.05, 0) is 19.9 Å². The van der Waals surface area contributed by atoms with E-state index in [9.17, 15) is 4.79 Å². The van der Waals surface area contributed by atoms with Crippen molar-refractivity contribution in [2.75, 3.05) is 6.54 Å². The Balaban J connectivity index is 2.21. The molecular formula is C10H15N3O. The van der Waals surface area contributed by atoms with Crippen molar-refractivity contribution in [1.29, 1.82) is 0 Å². The molecule has 0 bridgehead atoms. The molecule has 0 atom stereocenters. The average molecular weight is 193 g/mol. The van der Waals surface area contributed by atoms with Gasteiger partial charge in [-0.3, -0.25) is 9.48 Å². The summed E-state index contributed by atoms with van der Waals surface area (Å²) in [5.41, 5.74) is 1.15. The highest BCUT2D eigenvalue weighted by atomic mass is 16.2. The van der Waals surface area contributed by atoms with Crippen LogP contribution in [0.1, 0.15) is 19.5 Å². The molecule has 4 nitrogen and oxygen atoms in total. The summed E-state index contributed by atoms with van der Waals surface area (Å²) in [5, 5.41) is 4.13. The van der Waals surface area contributed by atoms with Crippen LogP contribution in [0.5, 0.6) is 0 Å². The zero-order chi connectivity index (χ0) is 10.1. The summed E-state index contributed by atoms with van der Waals surface area (Å²) in [6.45, 7) is 5.29. The molecule has 0 unspecified atom stereocenters. The van der Waals surface area contributed by atoms with Crippen molar-refractivity contribution in [2.24, 2.45) is 0 Å². The summed E-state index contributed by atoms with van der Waals surface area (Å²) in [6.07, 6.45) is 2.66. The third-order valence-electron chi connectivity index (χ3n) is 2.64. The first-order valence-electron chi connectivity index (χ1n) is 4.98. The Morgan fingerprint density at radius 1 is 1.50 bits per heavy atom. The minimum Gasteiger partial charge on any atom is -0.338 e. The van der Waals surface area contributed by atoms with Gasteiger partial charge in [0.2, 0.25) is 5.91 Å². The first kappa shape index (κ1) is 9.24. The molecule has 0 fully saturated rings.